The predicted molar refractivity (Wildman–Crippen MR) is 87.6 cm³/mol. The van der Waals surface area contributed by atoms with Crippen molar-refractivity contribution in [2.24, 2.45) is 0 Å². The van der Waals surface area contributed by atoms with Gasteiger partial charge in [-0.2, -0.15) is 0 Å². The van der Waals surface area contributed by atoms with Crippen molar-refractivity contribution in [3.8, 4) is 0 Å². The number of carbonyl (C=O) groups is 1. The lowest BCUT2D eigenvalue weighted by Gasteiger charge is -2.05. The molecule has 0 spiro atoms. The summed E-state index contributed by atoms with van der Waals surface area (Å²) in [6, 6.07) is 11.5. The van der Waals surface area contributed by atoms with E-state index in [-0.39, 0.29) is 6.61 Å². The third-order valence-electron chi connectivity index (χ3n) is 3.18. The highest BCUT2D eigenvalue weighted by molar-refractivity contribution is 5.73. The molecule has 23 heavy (non-hydrogen) atoms. The maximum Gasteiger partial charge on any atom is 0.407 e. The van der Waals surface area contributed by atoms with E-state index in [1.807, 2.05) is 48.6 Å². The Labute approximate surface area is 133 Å². The molecule has 1 amide bonds. The van der Waals surface area contributed by atoms with E-state index in [1.165, 1.54) is 0 Å². The van der Waals surface area contributed by atoms with Crippen molar-refractivity contribution in [2.45, 2.75) is 6.61 Å². The van der Waals surface area contributed by atoms with Gasteiger partial charge in [0.15, 0.2) is 5.65 Å². The van der Waals surface area contributed by atoms with Gasteiger partial charge in [-0.3, -0.25) is 0 Å². The quantitative estimate of drug-likeness (QED) is 0.759. The first-order valence-electron chi connectivity index (χ1n) is 7.21. The molecule has 2 N–H and O–H groups in total. The van der Waals surface area contributed by atoms with Gasteiger partial charge in [-0.1, -0.05) is 42.5 Å². The molecule has 0 saturated carbocycles. The maximum absolute atomic E-state index is 11.6. The monoisotopic (exact) mass is 308 g/mol. The Morgan fingerprint density at radius 1 is 1.26 bits per heavy atom. The summed E-state index contributed by atoms with van der Waals surface area (Å²) in [6.45, 7) is 0.644. The number of nitrogens with one attached hydrogen (secondary N) is 2. The highest BCUT2D eigenvalue weighted by Crippen LogP contribution is 2.09. The molecule has 3 rings (SSSR count). The summed E-state index contributed by atoms with van der Waals surface area (Å²) in [5, 5.41) is 2.67. The van der Waals surface area contributed by atoms with Crippen LogP contribution >= 0.6 is 0 Å². The van der Waals surface area contributed by atoms with Crippen LogP contribution in [0.4, 0.5) is 4.79 Å². The van der Waals surface area contributed by atoms with Crippen LogP contribution in [0.3, 0.4) is 0 Å². The number of H-pyrrole nitrogens is 1. The minimum Gasteiger partial charge on any atom is -0.445 e. The molecule has 0 bridgehead atoms. The number of hydrogen-bond donors (Lipinski definition) is 2. The van der Waals surface area contributed by atoms with Crippen molar-refractivity contribution >= 4 is 23.3 Å². The van der Waals surface area contributed by atoms with Crippen LogP contribution in [0.1, 0.15) is 11.1 Å². The Hall–Kier alpha value is -3.15. The first kappa shape index (κ1) is 14.8. The first-order valence-corrected chi connectivity index (χ1v) is 7.21. The van der Waals surface area contributed by atoms with E-state index in [0.717, 1.165) is 16.6 Å². The number of ether oxygens (including phenoxy) is 1. The smallest absolute Gasteiger partial charge is 0.407 e. The van der Waals surface area contributed by atoms with E-state index >= 15 is 0 Å². The van der Waals surface area contributed by atoms with Crippen LogP contribution in [0.25, 0.3) is 17.2 Å². The molecule has 1 aromatic carbocycles. The third kappa shape index (κ3) is 4.16. The number of fused-ring (bicyclic) bond motifs is 1. The minimum atomic E-state index is -0.444. The number of aromatic amines is 1. The Balaban J connectivity index is 1.44. The van der Waals surface area contributed by atoms with Gasteiger partial charge in [-0.25, -0.2) is 14.8 Å². The van der Waals surface area contributed by atoms with Crippen LogP contribution in [0.2, 0.25) is 0 Å². The van der Waals surface area contributed by atoms with Crippen LogP contribution in [0.5, 0.6) is 0 Å². The van der Waals surface area contributed by atoms with Crippen molar-refractivity contribution in [3.63, 3.8) is 0 Å². The molecule has 0 aliphatic heterocycles. The number of imidazole rings is 1. The normalized spacial score (nSPS) is 11.0. The predicted octanol–water partition coefficient (Wildman–Crippen LogP) is 2.90. The number of aromatic nitrogens is 3. The summed E-state index contributed by atoms with van der Waals surface area (Å²) in [5.41, 5.74) is 3.45. The number of carbonyl (C=O) groups excluding carboxylic acids is 1. The van der Waals surface area contributed by atoms with Gasteiger partial charge in [0.25, 0.3) is 0 Å². The van der Waals surface area contributed by atoms with Gasteiger partial charge in [0.1, 0.15) is 6.61 Å². The number of amides is 1. The average Bonchev–Trinajstić information content (AvgIpc) is 3.05. The van der Waals surface area contributed by atoms with Crippen LogP contribution in [-0.4, -0.2) is 27.6 Å². The molecule has 0 atom stereocenters. The summed E-state index contributed by atoms with van der Waals surface area (Å²) in [6.07, 6.45) is 6.61. The van der Waals surface area contributed by atoms with Gasteiger partial charge in [-0.05, 0) is 17.2 Å². The molecule has 0 fully saturated rings. The van der Waals surface area contributed by atoms with E-state index in [1.54, 1.807) is 12.5 Å². The maximum atomic E-state index is 11.6. The summed E-state index contributed by atoms with van der Waals surface area (Å²) in [5.74, 6) is 0. The third-order valence-corrected chi connectivity index (χ3v) is 3.18. The summed E-state index contributed by atoms with van der Waals surface area (Å²) >= 11 is 0. The molecule has 2 heterocycles. The lowest BCUT2D eigenvalue weighted by Crippen LogP contribution is -2.24. The van der Waals surface area contributed by atoms with Gasteiger partial charge < -0.3 is 15.0 Å². The summed E-state index contributed by atoms with van der Waals surface area (Å²) in [7, 11) is 0. The second-order valence-electron chi connectivity index (χ2n) is 4.89. The molecule has 6 heteroatoms. The first-order chi connectivity index (χ1) is 11.3. The second kappa shape index (κ2) is 7.22. The number of nitrogens with zero attached hydrogens (tertiary/aromatic N) is 2. The van der Waals surface area contributed by atoms with Gasteiger partial charge in [-0.15, -0.1) is 0 Å². The number of benzene rings is 1. The Morgan fingerprint density at radius 2 is 2.13 bits per heavy atom. The topological polar surface area (TPSA) is 79.9 Å². The van der Waals surface area contributed by atoms with E-state index in [4.69, 9.17) is 4.74 Å². The molecule has 3 aromatic rings. The molecule has 2 aromatic heterocycles. The van der Waals surface area contributed by atoms with Gasteiger partial charge in [0, 0.05) is 12.7 Å². The SMILES string of the molecule is O=C(NCC=Cc1cnc2nc[nH]c2c1)OCc1ccccc1. The van der Waals surface area contributed by atoms with Gasteiger partial charge in [0.05, 0.1) is 11.8 Å². The molecular weight excluding hydrogens is 292 g/mol. The molecular formula is C17H16N4O2. The van der Waals surface area contributed by atoms with E-state index < -0.39 is 6.09 Å². The molecule has 0 saturated heterocycles. The fourth-order valence-electron chi connectivity index (χ4n) is 2.05. The van der Waals surface area contributed by atoms with Gasteiger partial charge >= 0.3 is 6.09 Å². The molecule has 0 unspecified atom stereocenters. The number of alkyl carbamates (subject to hydrolysis) is 1. The molecule has 0 aliphatic rings. The van der Waals surface area contributed by atoms with Crippen molar-refractivity contribution in [2.75, 3.05) is 6.54 Å². The number of hydrogen-bond acceptors (Lipinski definition) is 4. The standard InChI is InChI=1S/C17H16N4O2/c22-17(23-11-13-5-2-1-3-6-13)18-8-4-7-14-9-15-16(19-10-14)21-12-20-15/h1-7,9-10,12H,8,11H2,(H,18,22)(H,19,20,21). The Bertz CT molecular complexity index is 812. The van der Waals surface area contributed by atoms with Crippen molar-refractivity contribution in [1.82, 2.24) is 20.3 Å². The van der Waals surface area contributed by atoms with Crippen LogP contribution in [0, 0.1) is 0 Å². The van der Waals surface area contributed by atoms with Crippen LogP contribution in [-0.2, 0) is 11.3 Å². The lowest BCUT2D eigenvalue weighted by atomic mass is 10.2. The molecule has 0 radical (unpaired) electrons. The Morgan fingerprint density at radius 3 is 3.00 bits per heavy atom. The van der Waals surface area contributed by atoms with Crippen LogP contribution < -0.4 is 5.32 Å². The fraction of sp³-hybridized carbons (Fsp3) is 0.118. The average molecular weight is 308 g/mol. The zero-order valence-corrected chi connectivity index (χ0v) is 12.4. The highest BCUT2D eigenvalue weighted by atomic mass is 16.5. The zero-order valence-electron chi connectivity index (χ0n) is 12.4. The van der Waals surface area contributed by atoms with Crippen molar-refractivity contribution in [3.05, 3.63) is 66.1 Å². The molecule has 116 valence electrons. The van der Waals surface area contributed by atoms with Gasteiger partial charge in [0.2, 0.25) is 0 Å². The lowest BCUT2D eigenvalue weighted by molar-refractivity contribution is 0.141. The highest BCUT2D eigenvalue weighted by Gasteiger charge is 2.00. The van der Waals surface area contributed by atoms with Crippen molar-refractivity contribution in [1.29, 1.82) is 0 Å². The summed E-state index contributed by atoms with van der Waals surface area (Å²) < 4.78 is 5.12. The van der Waals surface area contributed by atoms with Crippen molar-refractivity contribution < 1.29 is 9.53 Å². The second-order valence-corrected chi connectivity index (χ2v) is 4.89. The minimum absolute atomic E-state index is 0.261. The largest absolute Gasteiger partial charge is 0.445 e. The molecule has 0 aliphatic carbocycles. The summed E-state index contributed by atoms with van der Waals surface area (Å²) in [4.78, 5) is 22.9. The molecule has 6 nitrogen and oxygen atoms in total. The fourth-order valence-corrected chi connectivity index (χ4v) is 2.05. The Kier molecular flexibility index (Phi) is 4.63. The zero-order chi connectivity index (χ0) is 15.9. The van der Waals surface area contributed by atoms with E-state index in [2.05, 4.69) is 20.3 Å². The number of rotatable bonds is 5. The van der Waals surface area contributed by atoms with E-state index in [9.17, 15) is 4.79 Å². The van der Waals surface area contributed by atoms with Crippen LogP contribution in [0.15, 0.2) is 55.0 Å². The number of pyridine rings is 1. The van der Waals surface area contributed by atoms with E-state index in [0.29, 0.717) is 12.2 Å².